The molecular formula is C14H22N2O. The lowest BCUT2D eigenvalue weighted by atomic mass is 10.0. The van der Waals surface area contributed by atoms with Crippen LogP contribution in [-0.2, 0) is 6.42 Å². The molecule has 1 unspecified atom stereocenters. The van der Waals surface area contributed by atoms with E-state index in [1.807, 2.05) is 12.1 Å². The first-order valence-electron chi connectivity index (χ1n) is 6.34. The molecule has 1 aromatic rings. The van der Waals surface area contributed by atoms with Gasteiger partial charge in [-0.05, 0) is 31.5 Å². The minimum atomic E-state index is 0.647. The van der Waals surface area contributed by atoms with Crippen LogP contribution >= 0.6 is 0 Å². The summed E-state index contributed by atoms with van der Waals surface area (Å²) in [6, 6.07) is 8.96. The third-order valence-electron chi connectivity index (χ3n) is 3.58. The summed E-state index contributed by atoms with van der Waals surface area (Å²) >= 11 is 0. The van der Waals surface area contributed by atoms with Crippen molar-refractivity contribution in [2.24, 2.45) is 0 Å². The highest BCUT2D eigenvalue weighted by molar-refractivity contribution is 5.33. The Labute approximate surface area is 104 Å². The fraction of sp³-hybridized carbons (Fsp3) is 0.571. The maximum atomic E-state index is 5.38. The van der Waals surface area contributed by atoms with Crippen LogP contribution < -0.4 is 10.1 Å². The molecule has 1 fully saturated rings. The minimum Gasteiger partial charge on any atom is -0.496 e. The molecule has 1 aliphatic rings. The molecule has 1 heterocycles. The largest absolute Gasteiger partial charge is 0.496 e. The van der Waals surface area contributed by atoms with E-state index in [2.05, 4.69) is 29.4 Å². The number of rotatable bonds is 4. The Bertz CT molecular complexity index is 354. The molecule has 3 heteroatoms. The molecule has 0 aromatic heterocycles. The van der Waals surface area contributed by atoms with Crippen LogP contribution in [0.4, 0.5) is 0 Å². The van der Waals surface area contributed by atoms with Gasteiger partial charge in [-0.15, -0.1) is 0 Å². The van der Waals surface area contributed by atoms with Gasteiger partial charge in [0.2, 0.25) is 0 Å². The van der Waals surface area contributed by atoms with Crippen molar-refractivity contribution in [1.29, 1.82) is 0 Å². The van der Waals surface area contributed by atoms with E-state index in [1.54, 1.807) is 7.11 Å². The third kappa shape index (κ3) is 3.20. The SMILES string of the molecule is COc1ccccc1CCC1CNCCN1C. The number of hydrogen-bond acceptors (Lipinski definition) is 3. The lowest BCUT2D eigenvalue weighted by Gasteiger charge is -2.33. The van der Waals surface area contributed by atoms with Gasteiger partial charge in [0.05, 0.1) is 7.11 Å². The standard InChI is InChI=1S/C14H22N2O/c1-16-10-9-15-11-13(16)8-7-12-5-3-4-6-14(12)17-2/h3-6,13,15H,7-11H2,1-2H3. The van der Waals surface area contributed by atoms with Crippen LogP contribution in [0.1, 0.15) is 12.0 Å². The molecular weight excluding hydrogens is 212 g/mol. The van der Waals surface area contributed by atoms with E-state index in [1.165, 1.54) is 12.0 Å². The summed E-state index contributed by atoms with van der Waals surface area (Å²) in [5, 5.41) is 3.46. The van der Waals surface area contributed by atoms with Gasteiger partial charge >= 0.3 is 0 Å². The van der Waals surface area contributed by atoms with Crippen molar-refractivity contribution in [3.05, 3.63) is 29.8 Å². The Morgan fingerprint density at radius 2 is 2.24 bits per heavy atom. The molecule has 1 saturated heterocycles. The normalized spacial score (nSPS) is 21.4. The molecule has 0 bridgehead atoms. The Morgan fingerprint density at radius 1 is 1.41 bits per heavy atom. The van der Waals surface area contributed by atoms with Gasteiger partial charge in [-0.3, -0.25) is 0 Å². The van der Waals surface area contributed by atoms with Gasteiger partial charge in [0, 0.05) is 25.7 Å². The highest BCUT2D eigenvalue weighted by Crippen LogP contribution is 2.20. The number of ether oxygens (including phenoxy) is 1. The van der Waals surface area contributed by atoms with Gasteiger partial charge in [-0.25, -0.2) is 0 Å². The summed E-state index contributed by atoms with van der Waals surface area (Å²) in [7, 11) is 3.96. The van der Waals surface area contributed by atoms with E-state index in [0.717, 1.165) is 31.8 Å². The second-order valence-electron chi connectivity index (χ2n) is 4.69. The average Bonchev–Trinajstić information content (AvgIpc) is 2.38. The highest BCUT2D eigenvalue weighted by Gasteiger charge is 2.18. The quantitative estimate of drug-likeness (QED) is 0.855. The smallest absolute Gasteiger partial charge is 0.122 e. The number of piperazine rings is 1. The van der Waals surface area contributed by atoms with E-state index in [9.17, 15) is 0 Å². The van der Waals surface area contributed by atoms with Crippen LogP contribution in [0.2, 0.25) is 0 Å². The molecule has 3 nitrogen and oxygen atoms in total. The van der Waals surface area contributed by atoms with Crippen LogP contribution in [0.15, 0.2) is 24.3 Å². The van der Waals surface area contributed by atoms with Gasteiger partial charge in [0.1, 0.15) is 5.75 Å². The average molecular weight is 234 g/mol. The van der Waals surface area contributed by atoms with E-state index < -0.39 is 0 Å². The Morgan fingerprint density at radius 3 is 3.00 bits per heavy atom. The van der Waals surface area contributed by atoms with Gasteiger partial charge < -0.3 is 15.0 Å². The van der Waals surface area contributed by atoms with Crippen LogP contribution in [0.3, 0.4) is 0 Å². The van der Waals surface area contributed by atoms with Crippen LogP contribution in [0.25, 0.3) is 0 Å². The lowest BCUT2D eigenvalue weighted by Crippen LogP contribution is -2.49. The number of methoxy groups -OCH3 is 1. The second-order valence-corrected chi connectivity index (χ2v) is 4.69. The summed E-state index contributed by atoms with van der Waals surface area (Å²) in [4.78, 5) is 2.45. The highest BCUT2D eigenvalue weighted by atomic mass is 16.5. The molecule has 0 saturated carbocycles. The monoisotopic (exact) mass is 234 g/mol. The molecule has 1 aromatic carbocycles. The number of nitrogens with zero attached hydrogens (tertiary/aromatic N) is 1. The van der Waals surface area contributed by atoms with Crippen LogP contribution in [-0.4, -0.2) is 44.7 Å². The number of nitrogens with one attached hydrogen (secondary N) is 1. The van der Waals surface area contributed by atoms with Gasteiger partial charge in [-0.1, -0.05) is 18.2 Å². The molecule has 0 radical (unpaired) electrons. The Kier molecular flexibility index (Phi) is 4.40. The first kappa shape index (κ1) is 12.4. The molecule has 0 spiro atoms. The molecule has 1 aliphatic heterocycles. The summed E-state index contributed by atoms with van der Waals surface area (Å²) in [5.74, 6) is 1.01. The fourth-order valence-electron chi connectivity index (χ4n) is 2.42. The summed E-state index contributed by atoms with van der Waals surface area (Å²) in [6.07, 6.45) is 2.27. The number of hydrogen-bond donors (Lipinski definition) is 1. The second kappa shape index (κ2) is 6.03. The predicted molar refractivity (Wildman–Crippen MR) is 70.6 cm³/mol. The van der Waals surface area contributed by atoms with E-state index in [-0.39, 0.29) is 0 Å². The fourth-order valence-corrected chi connectivity index (χ4v) is 2.42. The number of para-hydroxylation sites is 1. The lowest BCUT2D eigenvalue weighted by molar-refractivity contribution is 0.190. The summed E-state index contributed by atoms with van der Waals surface area (Å²) < 4.78 is 5.38. The molecule has 0 aliphatic carbocycles. The maximum Gasteiger partial charge on any atom is 0.122 e. The van der Waals surface area contributed by atoms with Gasteiger partial charge in [-0.2, -0.15) is 0 Å². The Hall–Kier alpha value is -1.06. The molecule has 0 amide bonds. The first-order chi connectivity index (χ1) is 8.31. The van der Waals surface area contributed by atoms with Crippen LogP contribution in [0.5, 0.6) is 5.75 Å². The van der Waals surface area contributed by atoms with Crippen molar-refractivity contribution < 1.29 is 4.74 Å². The minimum absolute atomic E-state index is 0.647. The molecule has 17 heavy (non-hydrogen) atoms. The van der Waals surface area contributed by atoms with E-state index in [0.29, 0.717) is 6.04 Å². The molecule has 1 atom stereocenters. The third-order valence-corrected chi connectivity index (χ3v) is 3.58. The number of likely N-dealkylation sites (N-methyl/N-ethyl adjacent to an activating group) is 1. The van der Waals surface area contributed by atoms with Gasteiger partial charge in [0.25, 0.3) is 0 Å². The molecule has 2 rings (SSSR count). The topological polar surface area (TPSA) is 24.5 Å². The van der Waals surface area contributed by atoms with Crippen LogP contribution in [0, 0.1) is 0 Å². The molecule has 94 valence electrons. The maximum absolute atomic E-state index is 5.38. The van der Waals surface area contributed by atoms with Crippen molar-refractivity contribution in [2.75, 3.05) is 33.8 Å². The van der Waals surface area contributed by atoms with Crippen molar-refractivity contribution in [3.8, 4) is 5.75 Å². The zero-order valence-electron chi connectivity index (χ0n) is 10.8. The first-order valence-corrected chi connectivity index (χ1v) is 6.34. The zero-order valence-corrected chi connectivity index (χ0v) is 10.8. The van der Waals surface area contributed by atoms with E-state index >= 15 is 0 Å². The van der Waals surface area contributed by atoms with Crippen molar-refractivity contribution in [2.45, 2.75) is 18.9 Å². The number of aryl methyl sites for hydroxylation is 1. The predicted octanol–water partition coefficient (Wildman–Crippen LogP) is 1.53. The van der Waals surface area contributed by atoms with Crippen molar-refractivity contribution in [1.82, 2.24) is 10.2 Å². The summed E-state index contributed by atoms with van der Waals surface area (Å²) in [5.41, 5.74) is 1.31. The van der Waals surface area contributed by atoms with E-state index in [4.69, 9.17) is 4.74 Å². The van der Waals surface area contributed by atoms with Crippen molar-refractivity contribution in [3.63, 3.8) is 0 Å². The Balaban J connectivity index is 1.92. The summed E-state index contributed by atoms with van der Waals surface area (Å²) in [6.45, 7) is 3.36. The van der Waals surface area contributed by atoms with Crippen molar-refractivity contribution >= 4 is 0 Å². The van der Waals surface area contributed by atoms with Gasteiger partial charge in [0.15, 0.2) is 0 Å². The molecule has 1 N–H and O–H groups in total. The zero-order chi connectivity index (χ0) is 12.1. The number of benzene rings is 1.